The Bertz CT molecular complexity index is 373. The molecule has 6 heteroatoms. The van der Waals surface area contributed by atoms with Crippen molar-refractivity contribution >= 4 is 29.3 Å². The van der Waals surface area contributed by atoms with E-state index in [0.717, 1.165) is 11.6 Å². The van der Waals surface area contributed by atoms with E-state index >= 15 is 0 Å². The number of carbonyl (C=O) groups is 1. The summed E-state index contributed by atoms with van der Waals surface area (Å²) < 4.78 is 5.01. The van der Waals surface area contributed by atoms with E-state index in [4.69, 9.17) is 16.3 Å². The van der Waals surface area contributed by atoms with Crippen LogP contribution in [0.25, 0.3) is 0 Å². The number of likely N-dealkylation sites (N-methyl/N-ethyl adjacent to an activating group) is 1. The Morgan fingerprint density at radius 2 is 2.33 bits per heavy atom. The Hall–Kier alpha value is -0.780. The van der Waals surface area contributed by atoms with Crippen LogP contribution in [0.15, 0.2) is 23.4 Å². The molecule has 1 aromatic rings. The highest BCUT2D eigenvalue weighted by Crippen LogP contribution is 2.18. The molecule has 0 fully saturated rings. The maximum Gasteiger partial charge on any atom is 0.323 e. The molecule has 0 amide bonds. The van der Waals surface area contributed by atoms with Crippen molar-refractivity contribution < 1.29 is 9.53 Å². The van der Waals surface area contributed by atoms with Gasteiger partial charge in [-0.3, -0.25) is 4.79 Å². The summed E-state index contributed by atoms with van der Waals surface area (Å²) in [4.78, 5) is 15.8. The van der Waals surface area contributed by atoms with Crippen LogP contribution in [-0.2, 0) is 9.53 Å². The number of hydrogen-bond donors (Lipinski definition) is 1. The van der Waals surface area contributed by atoms with E-state index in [1.54, 1.807) is 19.2 Å². The molecule has 1 unspecified atom stereocenters. The van der Waals surface area contributed by atoms with E-state index in [2.05, 4.69) is 10.3 Å². The Labute approximate surface area is 116 Å². The quantitative estimate of drug-likeness (QED) is 0.617. The van der Waals surface area contributed by atoms with Gasteiger partial charge in [-0.1, -0.05) is 18.5 Å². The number of pyridine rings is 1. The average molecular weight is 289 g/mol. The molecule has 0 aliphatic carbocycles. The van der Waals surface area contributed by atoms with Crippen LogP contribution in [0.2, 0.25) is 5.02 Å². The number of hydrogen-bond acceptors (Lipinski definition) is 5. The van der Waals surface area contributed by atoms with Crippen LogP contribution >= 0.6 is 23.4 Å². The topological polar surface area (TPSA) is 51.2 Å². The summed E-state index contributed by atoms with van der Waals surface area (Å²) in [5, 5.41) is 4.54. The Morgan fingerprint density at radius 1 is 1.56 bits per heavy atom. The first-order valence-corrected chi connectivity index (χ1v) is 7.18. The molecule has 18 heavy (non-hydrogen) atoms. The highest BCUT2D eigenvalue weighted by Gasteiger charge is 2.18. The normalized spacial score (nSPS) is 12.2. The zero-order chi connectivity index (χ0) is 13.4. The molecule has 0 aliphatic heterocycles. The number of aromatic nitrogens is 1. The number of thioether (sulfide) groups is 1. The minimum Gasteiger partial charge on any atom is -0.465 e. The lowest BCUT2D eigenvalue weighted by Crippen LogP contribution is -2.40. The number of nitrogens with one attached hydrogen (secondary N) is 1. The standard InChI is InChI=1S/C12H17ClN2O2S/c1-3-14-10(12(16)17-4-2)8-18-11-6-5-9(13)7-15-11/h5-7,10,14H,3-4,8H2,1-2H3. The van der Waals surface area contributed by atoms with Crippen molar-refractivity contribution in [3.63, 3.8) is 0 Å². The third-order valence-electron chi connectivity index (χ3n) is 2.12. The summed E-state index contributed by atoms with van der Waals surface area (Å²) in [5.74, 6) is 0.363. The van der Waals surface area contributed by atoms with Crippen molar-refractivity contribution in [3.05, 3.63) is 23.4 Å². The van der Waals surface area contributed by atoms with Crippen molar-refractivity contribution in [2.75, 3.05) is 18.9 Å². The third kappa shape index (κ3) is 5.25. The fourth-order valence-corrected chi connectivity index (χ4v) is 2.31. The second-order valence-corrected chi connectivity index (χ2v) is 4.96. The molecule has 1 atom stereocenters. The van der Waals surface area contributed by atoms with Crippen LogP contribution in [0.4, 0.5) is 0 Å². The molecule has 0 saturated carbocycles. The largest absolute Gasteiger partial charge is 0.465 e. The number of halogens is 1. The van der Waals surface area contributed by atoms with E-state index in [1.807, 2.05) is 13.0 Å². The molecular weight excluding hydrogens is 272 g/mol. The molecule has 0 bridgehead atoms. The number of nitrogens with zero attached hydrogens (tertiary/aromatic N) is 1. The first-order valence-electron chi connectivity index (χ1n) is 5.81. The van der Waals surface area contributed by atoms with Gasteiger partial charge < -0.3 is 10.1 Å². The van der Waals surface area contributed by atoms with Gasteiger partial charge in [0.05, 0.1) is 16.7 Å². The van der Waals surface area contributed by atoms with Crippen LogP contribution in [-0.4, -0.2) is 35.9 Å². The minimum atomic E-state index is -0.308. The molecule has 1 N–H and O–H groups in total. The summed E-state index contributed by atoms with van der Waals surface area (Å²) in [6.07, 6.45) is 1.59. The van der Waals surface area contributed by atoms with Gasteiger partial charge in [-0.2, -0.15) is 0 Å². The highest BCUT2D eigenvalue weighted by atomic mass is 35.5. The van der Waals surface area contributed by atoms with Gasteiger partial charge in [0, 0.05) is 11.9 Å². The molecule has 1 heterocycles. The molecule has 1 aromatic heterocycles. The lowest BCUT2D eigenvalue weighted by Gasteiger charge is -2.15. The third-order valence-corrected chi connectivity index (χ3v) is 3.38. The van der Waals surface area contributed by atoms with E-state index < -0.39 is 0 Å². The molecular formula is C12H17ClN2O2S. The number of ether oxygens (including phenoxy) is 1. The molecule has 0 radical (unpaired) electrons. The number of esters is 1. The number of carbonyl (C=O) groups excluding carboxylic acids is 1. The van der Waals surface area contributed by atoms with E-state index in [1.165, 1.54) is 11.8 Å². The van der Waals surface area contributed by atoms with Crippen LogP contribution < -0.4 is 5.32 Å². The van der Waals surface area contributed by atoms with Crippen LogP contribution in [0.3, 0.4) is 0 Å². The summed E-state index contributed by atoms with van der Waals surface area (Å²) in [6, 6.07) is 3.31. The molecule has 1 rings (SSSR count). The first kappa shape index (κ1) is 15.3. The van der Waals surface area contributed by atoms with Crippen LogP contribution in [0, 0.1) is 0 Å². The first-order chi connectivity index (χ1) is 8.67. The molecule has 4 nitrogen and oxygen atoms in total. The van der Waals surface area contributed by atoms with E-state index in [0.29, 0.717) is 17.4 Å². The van der Waals surface area contributed by atoms with E-state index in [-0.39, 0.29) is 12.0 Å². The van der Waals surface area contributed by atoms with E-state index in [9.17, 15) is 4.79 Å². The predicted molar refractivity (Wildman–Crippen MR) is 74.1 cm³/mol. The Morgan fingerprint density at radius 3 is 2.89 bits per heavy atom. The van der Waals surface area contributed by atoms with Gasteiger partial charge in [-0.25, -0.2) is 4.98 Å². The monoisotopic (exact) mass is 288 g/mol. The second-order valence-electron chi connectivity index (χ2n) is 3.49. The predicted octanol–water partition coefficient (Wildman–Crippen LogP) is 2.37. The highest BCUT2D eigenvalue weighted by molar-refractivity contribution is 7.99. The second kappa shape index (κ2) is 8.34. The average Bonchev–Trinajstić information content (AvgIpc) is 2.36. The van der Waals surface area contributed by atoms with Gasteiger partial charge in [-0.05, 0) is 25.6 Å². The van der Waals surface area contributed by atoms with Crippen molar-refractivity contribution in [1.82, 2.24) is 10.3 Å². The summed E-state index contributed by atoms with van der Waals surface area (Å²) in [6.45, 7) is 4.87. The van der Waals surface area contributed by atoms with Crippen LogP contribution in [0.5, 0.6) is 0 Å². The molecule has 0 aromatic carbocycles. The summed E-state index contributed by atoms with van der Waals surface area (Å²) >= 11 is 7.26. The zero-order valence-electron chi connectivity index (χ0n) is 10.5. The van der Waals surface area contributed by atoms with Gasteiger partial charge in [0.2, 0.25) is 0 Å². The van der Waals surface area contributed by atoms with Gasteiger partial charge in [0.1, 0.15) is 6.04 Å². The maximum atomic E-state index is 11.7. The summed E-state index contributed by atoms with van der Waals surface area (Å²) in [5.41, 5.74) is 0. The fourth-order valence-electron chi connectivity index (χ4n) is 1.32. The maximum absolute atomic E-state index is 11.7. The molecule has 0 saturated heterocycles. The van der Waals surface area contributed by atoms with Crippen molar-refractivity contribution in [2.45, 2.75) is 24.9 Å². The lowest BCUT2D eigenvalue weighted by atomic mass is 10.3. The lowest BCUT2D eigenvalue weighted by molar-refractivity contribution is -0.144. The van der Waals surface area contributed by atoms with Crippen molar-refractivity contribution in [2.24, 2.45) is 0 Å². The van der Waals surface area contributed by atoms with Gasteiger partial charge in [0.15, 0.2) is 0 Å². The van der Waals surface area contributed by atoms with Crippen molar-refractivity contribution in [1.29, 1.82) is 0 Å². The summed E-state index contributed by atoms with van der Waals surface area (Å²) in [7, 11) is 0. The van der Waals surface area contributed by atoms with Gasteiger partial charge in [-0.15, -0.1) is 11.8 Å². The number of rotatable bonds is 7. The fraction of sp³-hybridized carbons (Fsp3) is 0.500. The zero-order valence-corrected chi connectivity index (χ0v) is 12.1. The van der Waals surface area contributed by atoms with Gasteiger partial charge in [0.25, 0.3) is 0 Å². The smallest absolute Gasteiger partial charge is 0.323 e. The Kier molecular flexibility index (Phi) is 7.08. The Balaban J connectivity index is 2.51. The van der Waals surface area contributed by atoms with Crippen LogP contribution in [0.1, 0.15) is 13.8 Å². The molecule has 0 aliphatic rings. The van der Waals surface area contributed by atoms with Gasteiger partial charge >= 0.3 is 5.97 Å². The van der Waals surface area contributed by atoms with Crippen molar-refractivity contribution in [3.8, 4) is 0 Å². The molecule has 0 spiro atoms. The molecule has 100 valence electrons. The SMILES string of the molecule is CCNC(CSc1ccc(Cl)cn1)C(=O)OCC. The minimum absolute atomic E-state index is 0.221.